The first-order valence-electron chi connectivity index (χ1n) is 12.9. The van der Waals surface area contributed by atoms with Gasteiger partial charge in [-0.25, -0.2) is 23.2 Å². The van der Waals surface area contributed by atoms with Crippen LogP contribution in [0.4, 0.5) is 10.5 Å². The topological polar surface area (TPSA) is 136 Å². The quantitative estimate of drug-likeness (QED) is 0.475. The maximum absolute atomic E-state index is 14.1. The number of nitrogens with zero attached hydrogens (tertiary/aromatic N) is 7. The van der Waals surface area contributed by atoms with Gasteiger partial charge in [0.05, 0.1) is 30.2 Å². The molecule has 2 aliphatic rings. The second kappa shape index (κ2) is 11.0. The summed E-state index contributed by atoms with van der Waals surface area (Å²) in [6, 6.07) is 12.2. The van der Waals surface area contributed by atoms with E-state index in [1.807, 2.05) is 23.7 Å². The molecule has 1 aromatic carbocycles. The molecular weight excluding hydrogens is 518 g/mol. The first kappa shape index (κ1) is 26.6. The van der Waals surface area contributed by atoms with Crippen molar-refractivity contribution in [2.45, 2.75) is 36.9 Å². The van der Waals surface area contributed by atoms with Crippen molar-refractivity contribution in [3.05, 3.63) is 71.9 Å². The fraction of sp³-hybridized carbons (Fsp3) is 0.407. The van der Waals surface area contributed by atoms with E-state index in [1.165, 1.54) is 17.2 Å². The van der Waals surface area contributed by atoms with E-state index in [2.05, 4.69) is 20.9 Å². The molecule has 1 amide bonds. The number of hydrogen-bond acceptors (Lipinski definition) is 7. The number of benzene rings is 1. The predicted molar refractivity (Wildman–Crippen MR) is 143 cm³/mol. The molecule has 0 bridgehead atoms. The Labute approximate surface area is 228 Å². The Balaban J connectivity index is 1.50. The third kappa shape index (κ3) is 5.60. The lowest BCUT2D eigenvalue weighted by Gasteiger charge is -2.42. The van der Waals surface area contributed by atoms with Gasteiger partial charge in [0.1, 0.15) is 0 Å². The molecule has 4 heterocycles. The summed E-state index contributed by atoms with van der Waals surface area (Å²) >= 11 is 0. The predicted octanol–water partition coefficient (Wildman–Crippen LogP) is 2.70. The molecule has 1 fully saturated rings. The highest BCUT2D eigenvalue weighted by Crippen LogP contribution is 2.34. The van der Waals surface area contributed by atoms with Crippen molar-refractivity contribution in [1.82, 2.24) is 23.7 Å². The summed E-state index contributed by atoms with van der Waals surface area (Å²) in [5.74, 6) is 0.0106. The van der Waals surface area contributed by atoms with Crippen molar-refractivity contribution in [1.29, 1.82) is 5.26 Å². The van der Waals surface area contributed by atoms with E-state index in [-0.39, 0.29) is 17.5 Å². The fourth-order valence-electron chi connectivity index (χ4n) is 5.50. The number of carbonyl (C=O) groups is 1. The molecule has 11 nitrogen and oxygen atoms in total. The number of likely N-dealkylation sites (tertiary alicyclic amines) is 1. The summed E-state index contributed by atoms with van der Waals surface area (Å²) in [6.07, 6.45) is 5.67. The van der Waals surface area contributed by atoms with E-state index in [4.69, 9.17) is 0 Å². The average molecular weight is 550 g/mol. The Bertz CT molecular complexity index is 1480. The number of nitriles is 1. The number of amides is 1. The van der Waals surface area contributed by atoms with Crippen LogP contribution in [0.1, 0.15) is 29.7 Å². The minimum atomic E-state index is -3.96. The number of hydrogen-bond donors (Lipinski definition) is 1. The smallest absolute Gasteiger partial charge is 0.407 e. The van der Waals surface area contributed by atoms with Crippen LogP contribution in [-0.4, -0.2) is 75.6 Å². The van der Waals surface area contributed by atoms with Crippen LogP contribution in [0.15, 0.2) is 60.1 Å². The van der Waals surface area contributed by atoms with Gasteiger partial charge < -0.3 is 19.5 Å². The zero-order valence-corrected chi connectivity index (χ0v) is 22.5. The monoisotopic (exact) mass is 549 g/mol. The summed E-state index contributed by atoms with van der Waals surface area (Å²) in [5.41, 5.74) is 3.38. The van der Waals surface area contributed by atoms with Gasteiger partial charge in [-0.3, -0.25) is 0 Å². The Morgan fingerprint density at radius 3 is 2.67 bits per heavy atom. The Hall–Kier alpha value is -3.95. The lowest BCUT2D eigenvalue weighted by Crippen LogP contribution is -2.53. The maximum atomic E-state index is 14.1. The summed E-state index contributed by atoms with van der Waals surface area (Å²) in [6.45, 7) is 2.00. The first-order chi connectivity index (χ1) is 18.8. The second-order valence-electron chi connectivity index (χ2n) is 10.1. The zero-order chi connectivity index (χ0) is 27.6. The Morgan fingerprint density at radius 2 is 2.03 bits per heavy atom. The molecule has 1 atom stereocenters. The molecule has 1 unspecified atom stereocenters. The Kier molecular flexibility index (Phi) is 7.54. The highest BCUT2D eigenvalue weighted by molar-refractivity contribution is 7.89. The second-order valence-corrected chi connectivity index (χ2v) is 12.0. The number of carboxylic acid groups (broad SMARTS) is 1. The number of sulfonamides is 1. The largest absolute Gasteiger partial charge is 0.465 e. The standard InChI is InChI=1S/C27H31N7O4S/c1-31-19-29-15-24(31)18-33-17-23(13-22-12-21(14-28)5-6-25(22)33)34(39(37,38)26-4-2-3-9-30-26)16-20-7-10-32(11-8-20)27(35)36/h2-6,9,12,15,19-20,23H,7-8,10-11,13,16-18H2,1H3,(H,35,36). The number of imidazole rings is 1. The number of rotatable bonds is 7. The molecular formula is C27H31N7O4S. The van der Waals surface area contributed by atoms with Gasteiger partial charge in [0.25, 0.3) is 10.0 Å². The lowest BCUT2D eigenvalue weighted by molar-refractivity contribution is 0.118. The Morgan fingerprint density at radius 1 is 1.23 bits per heavy atom. The zero-order valence-electron chi connectivity index (χ0n) is 21.7. The number of piperidine rings is 1. The van der Waals surface area contributed by atoms with Crippen molar-refractivity contribution < 1.29 is 18.3 Å². The van der Waals surface area contributed by atoms with Crippen LogP contribution >= 0.6 is 0 Å². The SMILES string of the molecule is Cn1cncc1CN1CC(N(CC2CCN(C(=O)O)CC2)S(=O)(=O)c2ccccn2)Cc2cc(C#N)ccc21. The number of pyridine rings is 1. The van der Waals surface area contributed by atoms with Crippen molar-refractivity contribution in [2.75, 3.05) is 31.1 Å². The molecule has 39 heavy (non-hydrogen) atoms. The fourth-order valence-corrected chi connectivity index (χ4v) is 7.12. The molecule has 12 heteroatoms. The van der Waals surface area contributed by atoms with Crippen LogP contribution in [0, 0.1) is 17.2 Å². The number of fused-ring (bicyclic) bond motifs is 1. The third-order valence-corrected chi connectivity index (χ3v) is 9.48. The highest BCUT2D eigenvalue weighted by Gasteiger charge is 2.39. The highest BCUT2D eigenvalue weighted by atomic mass is 32.2. The van der Waals surface area contributed by atoms with Crippen molar-refractivity contribution in [3.63, 3.8) is 0 Å². The summed E-state index contributed by atoms with van der Waals surface area (Å²) in [4.78, 5) is 23.3. The summed E-state index contributed by atoms with van der Waals surface area (Å²) in [7, 11) is -2.04. The van der Waals surface area contributed by atoms with Crippen LogP contribution in [0.3, 0.4) is 0 Å². The van der Waals surface area contributed by atoms with E-state index in [0.29, 0.717) is 51.0 Å². The van der Waals surface area contributed by atoms with E-state index in [9.17, 15) is 23.6 Å². The van der Waals surface area contributed by atoms with Gasteiger partial charge in [0.15, 0.2) is 5.03 Å². The van der Waals surface area contributed by atoms with E-state index < -0.39 is 22.2 Å². The minimum Gasteiger partial charge on any atom is -0.465 e. The first-order valence-corrected chi connectivity index (χ1v) is 14.3. The van der Waals surface area contributed by atoms with Crippen LogP contribution in [0.2, 0.25) is 0 Å². The number of aromatic nitrogens is 3. The summed E-state index contributed by atoms with van der Waals surface area (Å²) < 4.78 is 31.6. The van der Waals surface area contributed by atoms with Gasteiger partial charge in [0, 0.05) is 57.3 Å². The average Bonchev–Trinajstić information content (AvgIpc) is 3.35. The van der Waals surface area contributed by atoms with Crippen molar-refractivity contribution >= 4 is 21.8 Å². The number of aryl methyl sites for hydroxylation is 1. The normalized spacial score (nSPS) is 18.1. The molecule has 1 N–H and O–H groups in total. The molecule has 0 radical (unpaired) electrons. The van der Waals surface area contributed by atoms with Gasteiger partial charge in [-0.15, -0.1) is 0 Å². The molecule has 3 aromatic rings. The molecule has 2 aliphatic heterocycles. The van der Waals surface area contributed by atoms with Crippen LogP contribution < -0.4 is 4.90 Å². The van der Waals surface area contributed by atoms with Crippen LogP contribution in [0.5, 0.6) is 0 Å². The van der Waals surface area contributed by atoms with Gasteiger partial charge in [-0.1, -0.05) is 6.07 Å². The molecule has 2 aromatic heterocycles. The molecule has 1 saturated heterocycles. The lowest BCUT2D eigenvalue weighted by atomic mass is 9.93. The van der Waals surface area contributed by atoms with Gasteiger partial charge >= 0.3 is 6.09 Å². The van der Waals surface area contributed by atoms with Gasteiger partial charge in [-0.05, 0) is 61.1 Å². The van der Waals surface area contributed by atoms with E-state index in [0.717, 1.165) is 16.9 Å². The van der Waals surface area contributed by atoms with E-state index >= 15 is 0 Å². The van der Waals surface area contributed by atoms with Gasteiger partial charge in [0.2, 0.25) is 0 Å². The molecule has 5 rings (SSSR count). The summed E-state index contributed by atoms with van der Waals surface area (Å²) in [5, 5.41) is 18.9. The number of anilines is 1. The minimum absolute atomic E-state index is 0.0106. The molecule has 0 spiro atoms. The third-order valence-electron chi connectivity index (χ3n) is 7.65. The molecule has 0 aliphatic carbocycles. The molecule has 204 valence electrons. The molecule has 0 saturated carbocycles. The van der Waals surface area contributed by atoms with Crippen molar-refractivity contribution in [3.8, 4) is 6.07 Å². The van der Waals surface area contributed by atoms with Crippen molar-refractivity contribution in [2.24, 2.45) is 13.0 Å². The maximum Gasteiger partial charge on any atom is 0.407 e. The van der Waals surface area contributed by atoms with Gasteiger partial charge in [-0.2, -0.15) is 9.57 Å². The van der Waals surface area contributed by atoms with E-state index in [1.54, 1.807) is 35.0 Å². The van der Waals surface area contributed by atoms with Crippen LogP contribution in [-0.2, 0) is 30.0 Å². The van der Waals surface area contributed by atoms with Crippen LogP contribution in [0.25, 0.3) is 0 Å².